The van der Waals surface area contributed by atoms with E-state index in [4.69, 9.17) is 0 Å². The molecule has 1 aliphatic heterocycles. The van der Waals surface area contributed by atoms with Crippen LogP contribution in [0.3, 0.4) is 0 Å². The van der Waals surface area contributed by atoms with Crippen molar-refractivity contribution in [1.29, 1.82) is 0 Å². The highest BCUT2D eigenvalue weighted by Gasteiger charge is 2.16. The second-order valence-corrected chi connectivity index (χ2v) is 3.74. The molecule has 1 atom stereocenters. The van der Waals surface area contributed by atoms with Gasteiger partial charge < -0.3 is 5.32 Å². The number of nitrogens with one attached hydrogen (secondary N) is 2. The Labute approximate surface area is 71.3 Å². The summed E-state index contributed by atoms with van der Waals surface area (Å²) < 4.78 is 0. The minimum absolute atomic E-state index is 0.149. The van der Waals surface area contributed by atoms with Gasteiger partial charge in [0.15, 0.2) is 0 Å². The zero-order valence-electron chi connectivity index (χ0n) is 6.72. The zero-order valence-corrected chi connectivity index (χ0v) is 7.54. The highest BCUT2D eigenvalue weighted by molar-refractivity contribution is 7.99. The van der Waals surface area contributed by atoms with Crippen molar-refractivity contribution >= 4 is 17.7 Å². The fraction of sp³-hybridized carbons (Fsp3) is 0.857. The van der Waals surface area contributed by atoms with E-state index in [0.29, 0.717) is 6.42 Å². The van der Waals surface area contributed by atoms with Gasteiger partial charge in [0.1, 0.15) is 5.50 Å². The van der Waals surface area contributed by atoms with Crippen molar-refractivity contribution in [3.05, 3.63) is 0 Å². The maximum Gasteiger partial charge on any atom is 0.223 e. The molecule has 2 N–H and O–H groups in total. The average molecular weight is 174 g/mol. The van der Waals surface area contributed by atoms with Crippen LogP contribution in [0.25, 0.3) is 0 Å². The van der Waals surface area contributed by atoms with Gasteiger partial charge in [-0.2, -0.15) is 0 Å². The Morgan fingerprint density at radius 1 is 1.73 bits per heavy atom. The Morgan fingerprint density at radius 2 is 2.55 bits per heavy atom. The van der Waals surface area contributed by atoms with Crippen molar-refractivity contribution in [3.63, 3.8) is 0 Å². The lowest BCUT2D eigenvalue weighted by Crippen LogP contribution is -2.49. The van der Waals surface area contributed by atoms with E-state index < -0.39 is 0 Å². The van der Waals surface area contributed by atoms with Gasteiger partial charge in [-0.3, -0.25) is 10.1 Å². The maximum atomic E-state index is 10.9. The van der Waals surface area contributed by atoms with Gasteiger partial charge in [-0.1, -0.05) is 6.92 Å². The van der Waals surface area contributed by atoms with Gasteiger partial charge in [-0.25, -0.2) is 0 Å². The summed E-state index contributed by atoms with van der Waals surface area (Å²) in [7, 11) is 0. The van der Waals surface area contributed by atoms with E-state index in [1.165, 1.54) is 0 Å². The molecule has 0 saturated carbocycles. The molecule has 0 bridgehead atoms. The average Bonchev–Trinajstić information content (AvgIpc) is 2.01. The third-order valence-corrected chi connectivity index (χ3v) is 2.72. The van der Waals surface area contributed by atoms with Gasteiger partial charge >= 0.3 is 0 Å². The van der Waals surface area contributed by atoms with E-state index in [0.717, 1.165) is 18.7 Å². The normalized spacial score (nSPS) is 24.8. The first-order chi connectivity index (χ1) is 5.33. The molecule has 3 nitrogen and oxygen atoms in total. The summed E-state index contributed by atoms with van der Waals surface area (Å²) in [6, 6.07) is 0. The summed E-state index contributed by atoms with van der Waals surface area (Å²) >= 11 is 1.76. The fourth-order valence-corrected chi connectivity index (χ4v) is 1.84. The Kier molecular flexibility index (Phi) is 3.72. The number of thioether (sulfide) groups is 1. The van der Waals surface area contributed by atoms with E-state index in [1.54, 1.807) is 11.8 Å². The summed E-state index contributed by atoms with van der Waals surface area (Å²) in [6.07, 6.45) is 1.77. The van der Waals surface area contributed by atoms with Crippen LogP contribution >= 0.6 is 11.8 Å². The zero-order chi connectivity index (χ0) is 8.10. The molecular formula is C7H14N2OS. The lowest BCUT2D eigenvalue weighted by molar-refractivity contribution is -0.122. The molecular weight excluding hydrogens is 160 g/mol. The molecule has 0 radical (unpaired) electrons. The molecule has 1 unspecified atom stereocenters. The summed E-state index contributed by atoms with van der Waals surface area (Å²) in [5.41, 5.74) is 0.149. The smallest absolute Gasteiger partial charge is 0.223 e. The first-order valence-electron chi connectivity index (χ1n) is 3.97. The summed E-state index contributed by atoms with van der Waals surface area (Å²) in [6.45, 7) is 2.95. The molecule has 1 rings (SSSR count). The van der Waals surface area contributed by atoms with Gasteiger partial charge in [0, 0.05) is 13.0 Å². The first kappa shape index (κ1) is 8.87. The maximum absolute atomic E-state index is 10.9. The van der Waals surface area contributed by atoms with Crippen LogP contribution in [0.2, 0.25) is 0 Å². The molecule has 0 aromatic heterocycles. The van der Waals surface area contributed by atoms with E-state index in [-0.39, 0.29) is 11.4 Å². The third-order valence-electron chi connectivity index (χ3n) is 1.46. The van der Waals surface area contributed by atoms with Gasteiger partial charge in [-0.05, 0) is 12.2 Å². The van der Waals surface area contributed by atoms with Crippen LogP contribution in [0.5, 0.6) is 0 Å². The van der Waals surface area contributed by atoms with Crippen LogP contribution in [0, 0.1) is 0 Å². The lowest BCUT2D eigenvalue weighted by atomic mass is 10.3. The predicted octanol–water partition coefficient (Wildman–Crippen LogP) is 0.523. The van der Waals surface area contributed by atoms with E-state index >= 15 is 0 Å². The van der Waals surface area contributed by atoms with E-state index in [1.807, 2.05) is 0 Å². The molecule has 4 heteroatoms. The van der Waals surface area contributed by atoms with Crippen LogP contribution in [0.15, 0.2) is 0 Å². The van der Waals surface area contributed by atoms with Crippen molar-refractivity contribution in [2.75, 3.05) is 12.3 Å². The van der Waals surface area contributed by atoms with Crippen molar-refractivity contribution in [2.45, 2.75) is 25.3 Å². The topological polar surface area (TPSA) is 41.1 Å². The molecule has 1 saturated heterocycles. The molecule has 1 aliphatic rings. The molecule has 64 valence electrons. The molecule has 1 heterocycles. The lowest BCUT2D eigenvalue weighted by Gasteiger charge is -2.23. The highest BCUT2D eigenvalue weighted by Crippen LogP contribution is 2.09. The van der Waals surface area contributed by atoms with Crippen molar-refractivity contribution in [2.24, 2.45) is 0 Å². The largest absolute Gasteiger partial charge is 0.332 e. The molecule has 0 spiro atoms. The van der Waals surface area contributed by atoms with Gasteiger partial charge in [0.25, 0.3) is 0 Å². The highest BCUT2D eigenvalue weighted by atomic mass is 32.2. The number of carbonyl (C=O) groups excluding carboxylic acids is 1. The number of carbonyl (C=O) groups is 1. The van der Waals surface area contributed by atoms with E-state index in [2.05, 4.69) is 17.6 Å². The molecule has 0 aliphatic carbocycles. The predicted molar refractivity (Wildman–Crippen MR) is 47.3 cm³/mol. The summed E-state index contributed by atoms with van der Waals surface area (Å²) in [5, 5.41) is 6.08. The van der Waals surface area contributed by atoms with Crippen molar-refractivity contribution < 1.29 is 4.79 Å². The Morgan fingerprint density at radius 3 is 3.18 bits per heavy atom. The standard InChI is InChI=1S/C7H14N2OS/c1-2-5-11-7-8-4-3-6(10)9-7/h7-8H,2-5H2,1H3,(H,9,10). The van der Waals surface area contributed by atoms with Gasteiger partial charge in [0.2, 0.25) is 5.91 Å². The van der Waals surface area contributed by atoms with E-state index in [9.17, 15) is 4.79 Å². The van der Waals surface area contributed by atoms with Crippen LogP contribution in [0.4, 0.5) is 0 Å². The first-order valence-corrected chi connectivity index (χ1v) is 5.02. The molecule has 0 aromatic carbocycles. The van der Waals surface area contributed by atoms with Crippen LogP contribution in [0.1, 0.15) is 19.8 Å². The molecule has 11 heavy (non-hydrogen) atoms. The second-order valence-electron chi connectivity index (χ2n) is 2.52. The van der Waals surface area contributed by atoms with Crippen LogP contribution < -0.4 is 10.6 Å². The monoisotopic (exact) mass is 174 g/mol. The number of amides is 1. The number of rotatable bonds is 3. The third kappa shape index (κ3) is 3.12. The minimum Gasteiger partial charge on any atom is -0.332 e. The van der Waals surface area contributed by atoms with Crippen LogP contribution in [-0.4, -0.2) is 23.7 Å². The Hall–Kier alpha value is -0.220. The summed E-state index contributed by atoms with van der Waals surface area (Å²) in [5.74, 6) is 1.26. The van der Waals surface area contributed by atoms with Crippen molar-refractivity contribution in [1.82, 2.24) is 10.6 Å². The molecule has 1 amide bonds. The fourth-order valence-electron chi connectivity index (χ4n) is 0.923. The summed E-state index contributed by atoms with van der Waals surface area (Å²) in [4.78, 5) is 10.9. The van der Waals surface area contributed by atoms with Gasteiger partial charge in [-0.15, -0.1) is 11.8 Å². The second kappa shape index (κ2) is 4.62. The molecule has 1 fully saturated rings. The van der Waals surface area contributed by atoms with Crippen LogP contribution in [-0.2, 0) is 4.79 Å². The SMILES string of the molecule is CCCSC1NCCC(=O)N1. The quantitative estimate of drug-likeness (QED) is 0.655. The minimum atomic E-state index is 0.149. The Bertz CT molecular complexity index is 140. The number of hydrogen-bond donors (Lipinski definition) is 2. The van der Waals surface area contributed by atoms with Gasteiger partial charge in [0.05, 0.1) is 0 Å². The molecule has 0 aromatic rings. The Balaban J connectivity index is 2.17. The van der Waals surface area contributed by atoms with Crippen molar-refractivity contribution in [3.8, 4) is 0 Å². The number of hydrogen-bond acceptors (Lipinski definition) is 3.